The number of carbonyl (C=O) groups is 6. The Morgan fingerprint density at radius 2 is 0.764 bits per heavy atom. The molecule has 0 bridgehead atoms. The Bertz CT molecular complexity index is 1380. The number of aliphatic carboxylic acids is 3. The fourth-order valence-electron chi connectivity index (χ4n) is 6.02. The zero-order valence-electron chi connectivity index (χ0n) is 43.1. The molecule has 25 heteroatoms. The van der Waals surface area contributed by atoms with E-state index in [-0.39, 0.29) is 36.5 Å². The van der Waals surface area contributed by atoms with Gasteiger partial charge in [-0.25, -0.2) is 14.4 Å². The van der Waals surface area contributed by atoms with Gasteiger partial charge in [0.2, 0.25) is 11.8 Å². The lowest BCUT2D eigenvalue weighted by Crippen LogP contribution is -2.51. The van der Waals surface area contributed by atoms with Crippen molar-refractivity contribution in [1.29, 1.82) is 0 Å². The van der Waals surface area contributed by atoms with Crippen LogP contribution in [0.1, 0.15) is 91.4 Å². The average Bonchev–Trinajstić information content (AvgIpc) is 3.31. The first kappa shape index (κ1) is 68.1. The zero-order chi connectivity index (χ0) is 53.3. The smallest absolute Gasteiger partial charge is 0.326 e. The van der Waals surface area contributed by atoms with Gasteiger partial charge in [-0.2, -0.15) is 0 Å². The van der Waals surface area contributed by atoms with Crippen molar-refractivity contribution in [2.45, 2.75) is 110 Å². The molecule has 0 radical (unpaired) electrons. The van der Waals surface area contributed by atoms with Crippen LogP contribution in [0.2, 0.25) is 0 Å². The number of nitrogens with one attached hydrogen (secondary N) is 5. The van der Waals surface area contributed by atoms with E-state index >= 15 is 0 Å². The van der Waals surface area contributed by atoms with Gasteiger partial charge in [-0.3, -0.25) is 19.7 Å². The van der Waals surface area contributed by atoms with E-state index in [9.17, 15) is 39.0 Å². The Labute approximate surface area is 425 Å². The summed E-state index contributed by atoms with van der Waals surface area (Å²) in [7, 11) is 0. The van der Waals surface area contributed by atoms with Gasteiger partial charge in [0.05, 0.1) is 132 Å². The van der Waals surface area contributed by atoms with Crippen LogP contribution in [0.5, 0.6) is 0 Å². The Morgan fingerprint density at radius 1 is 0.417 bits per heavy atom. The lowest BCUT2D eigenvalue weighted by Gasteiger charge is -2.19. The second-order valence-corrected chi connectivity index (χ2v) is 17.5. The second-order valence-electron chi connectivity index (χ2n) is 17.5. The van der Waals surface area contributed by atoms with Gasteiger partial charge < -0.3 is 89.1 Å². The highest BCUT2D eigenvalue weighted by atomic mass is 16.6. The molecule has 0 spiro atoms. The number of amides is 4. The molecule has 0 rings (SSSR count). The third-order valence-corrected chi connectivity index (χ3v) is 9.72. The van der Waals surface area contributed by atoms with Gasteiger partial charge >= 0.3 is 23.9 Å². The Balaban J connectivity index is 3.43. The fourth-order valence-corrected chi connectivity index (χ4v) is 6.02. The van der Waals surface area contributed by atoms with E-state index in [0.717, 1.165) is 32.1 Å². The molecule has 72 heavy (non-hydrogen) atoms. The van der Waals surface area contributed by atoms with Crippen LogP contribution in [0.3, 0.4) is 0 Å². The van der Waals surface area contributed by atoms with Crippen LogP contribution in [0.25, 0.3) is 0 Å². The van der Waals surface area contributed by atoms with Crippen LogP contribution in [-0.2, 0) is 71.3 Å². The number of unbranched alkanes of at least 4 members (excludes halogenated alkanes) is 4. The van der Waals surface area contributed by atoms with Gasteiger partial charge in [0.15, 0.2) is 0 Å². The number of hydrogen-bond acceptors (Lipinski definition) is 18. The molecule has 0 aromatic heterocycles. The molecule has 3 atom stereocenters. The normalized spacial score (nSPS) is 12.8. The molecule has 0 aliphatic carbocycles. The van der Waals surface area contributed by atoms with E-state index in [4.69, 9.17) is 57.6 Å². The molecular formula is C47H89N5O20. The highest BCUT2D eigenvalue weighted by Gasteiger charge is 2.25. The van der Waals surface area contributed by atoms with E-state index in [2.05, 4.69) is 26.6 Å². The molecule has 0 aromatic carbocycles. The Hall–Kier alpha value is -3.86. The number of rotatable bonds is 53. The molecule has 0 heterocycles. The zero-order valence-corrected chi connectivity index (χ0v) is 43.1. The number of aliphatic hydroxyl groups is 1. The van der Waals surface area contributed by atoms with Crippen LogP contribution in [0.15, 0.2) is 0 Å². The second kappa shape index (κ2) is 48.1. The minimum atomic E-state index is -1.51. The standard InChI is InChI=1S/C47H89N5O20/c1-47(2,3)37-42(55)50-16-18-64-20-22-66-24-26-68-28-30-70-32-34-72-36-35-71-33-31-69-29-27-67-25-23-65-21-19-63-17-15-49-40(53)9-7-5-4-6-8-14-48-41(54)12-10-38(44(58)59)51-46(62)52-39(45(60)61)11-13-43(56)57/h38-39,41,48,54H,4-37H2,1-3H3,(H,49,53)(H,50,55)(H,56,57)(H,58,59)(H,60,61)(H2,51,52,62)/t38-,39-,41?/m0/s1. The van der Waals surface area contributed by atoms with Crippen molar-refractivity contribution in [1.82, 2.24) is 26.6 Å². The summed E-state index contributed by atoms with van der Waals surface area (Å²) in [6, 6.07) is -3.99. The SMILES string of the molecule is CC(C)(C)CC(=O)NCCOCCOCCOCCOCCOCCOCCOCCOCCOCCOCCNC(=O)CCCCCCCNC(O)CC[C@H](NC(=O)N[C@@H](CCC(=O)O)C(=O)O)C(=O)O. The number of ether oxygens (including phenoxy) is 10. The number of carboxylic acid groups (broad SMARTS) is 3. The lowest BCUT2D eigenvalue weighted by molar-refractivity contribution is -0.141. The monoisotopic (exact) mass is 1040 g/mol. The molecule has 25 nitrogen and oxygen atoms in total. The quantitative estimate of drug-likeness (QED) is 0.0302. The molecule has 422 valence electrons. The van der Waals surface area contributed by atoms with Crippen molar-refractivity contribution in [3.8, 4) is 0 Å². The van der Waals surface area contributed by atoms with Crippen LogP contribution in [0.4, 0.5) is 4.79 Å². The summed E-state index contributed by atoms with van der Waals surface area (Å²) < 4.78 is 54.8. The first-order valence-electron chi connectivity index (χ1n) is 25.1. The topological polar surface area (TPSA) is 336 Å². The molecule has 0 saturated heterocycles. The van der Waals surface area contributed by atoms with Gasteiger partial charge in [0.25, 0.3) is 0 Å². The minimum Gasteiger partial charge on any atom is -0.481 e. The first-order valence-corrected chi connectivity index (χ1v) is 25.1. The first-order chi connectivity index (χ1) is 34.6. The summed E-state index contributed by atoms with van der Waals surface area (Å²) in [5, 5.41) is 50.2. The molecule has 0 aromatic rings. The molecule has 4 amide bonds. The molecule has 0 aliphatic heterocycles. The van der Waals surface area contributed by atoms with E-state index in [1.807, 2.05) is 20.8 Å². The molecule has 9 N–H and O–H groups in total. The molecule has 1 unspecified atom stereocenters. The molecule has 0 fully saturated rings. The van der Waals surface area contributed by atoms with Crippen LogP contribution < -0.4 is 26.6 Å². The van der Waals surface area contributed by atoms with Crippen molar-refractivity contribution in [2.75, 3.05) is 152 Å². The van der Waals surface area contributed by atoms with E-state index < -0.39 is 48.7 Å². The van der Waals surface area contributed by atoms with Gasteiger partial charge in [-0.15, -0.1) is 0 Å². The maximum atomic E-state index is 12.1. The van der Waals surface area contributed by atoms with Gasteiger partial charge in [0, 0.05) is 32.4 Å². The van der Waals surface area contributed by atoms with Crippen molar-refractivity contribution < 1.29 is 96.6 Å². The number of aliphatic hydroxyl groups excluding tert-OH is 1. The van der Waals surface area contributed by atoms with Crippen molar-refractivity contribution >= 4 is 35.8 Å². The maximum Gasteiger partial charge on any atom is 0.326 e. The van der Waals surface area contributed by atoms with Crippen LogP contribution in [0, 0.1) is 5.41 Å². The maximum absolute atomic E-state index is 12.1. The number of urea groups is 1. The predicted octanol–water partition coefficient (Wildman–Crippen LogP) is 0.920. The van der Waals surface area contributed by atoms with Gasteiger partial charge in [0.1, 0.15) is 18.3 Å². The van der Waals surface area contributed by atoms with E-state index in [1.54, 1.807) is 0 Å². The molecule has 0 aliphatic rings. The lowest BCUT2D eigenvalue weighted by atomic mass is 9.92. The fraction of sp³-hybridized carbons (Fsp3) is 0.872. The summed E-state index contributed by atoms with van der Waals surface area (Å²) >= 11 is 0. The number of hydrogen-bond donors (Lipinski definition) is 9. The Morgan fingerprint density at radius 3 is 1.14 bits per heavy atom. The summed E-state index contributed by atoms with van der Waals surface area (Å²) in [5.74, 6) is -4.09. The van der Waals surface area contributed by atoms with Gasteiger partial charge in [-0.1, -0.05) is 40.0 Å². The summed E-state index contributed by atoms with van der Waals surface area (Å²) in [4.78, 5) is 69.5. The Kier molecular flexibility index (Phi) is 45.5. The van der Waals surface area contributed by atoms with Crippen LogP contribution in [-0.4, -0.2) is 226 Å². The summed E-state index contributed by atoms with van der Waals surface area (Å²) in [5.41, 5.74) is -0.0300. The third-order valence-electron chi connectivity index (χ3n) is 9.72. The summed E-state index contributed by atoms with van der Waals surface area (Å²) in [6.45, 7) is 16.4. The highest BCUT2D eigenvalue weighted by Crippen LogP contribution is 2.17. The predicted molar refractivity (Wildman–Crippen MR) is 261 cm³/mol. The van der Waals surface area contributed by atoms with Crippen molar-refractivity contribution in [2.24, 2.45) is 5.41 Å². The van der Waals surface area contributed by atoms with E-state index in [1.165, 1.54) is 0 Å². The van der Waals surface area contributed by atoms with E-state index in [0.29, 0.717) is 165 Å². The number of carbonyl (C=O) groups excluding carboxylic acids is 3. The van der Waals surface area contributed by atoms with Crippen molar-refractivity contribution in [3.05, 3.63) is 0 Å². The molecular weight excluding hydrogens is 955 g/mol. The largest absolute Gasteiger partial charge is 0.481 e. The summed E-state index contributed by atoms with van der Waals surface area (Å²) in [6.07, 6.45) is 2.94. The third kappa shape index (κ3) is 49.7. The minimum absolute atomic E-state index is 0.00199. The average molecular weight is 1040 g/mol. The number of carboxylic acids is 3. The van der Waals surface area contributed by atoms with Crippen LogP contribution >= 0.6 is 0 Å². The molecule has 0 saturated carbocycles. The van der Waals surface area contributed by atoms with Gasteiger partial charge in [-0.05, 0) is 44.1 Å². The highest BCUT2D eigenvalue weighted by molar-refractivity contribution is 5.86. The van der Waals surface area contributed by atoms with Crippen molar-refractivity contribution in [3.63, 3.8) is 0 Å².